The van der Waals surface area contributed by atoms with Crippen LogP contribution in [0.1, 0.15) is 131 Å². The van der Waals surface area contributed by atoms with Crippen LogP contribution in [0.5, 0.6) is 0 Å². The van der Waals surface area contributed by atoms with Gasteiger partial charge >= 0.3 is 6.18 Å². The van der Waals surface area contributed by atoms with Crippen LogP contribution < -0.4 is 31.7 Å². The molecule has 8 rings (SSSR count). The SMILES string of the molecule is Cc1ncsc1-c1ccc([C@H](C)NC(=O)[C@@H]2C[CH]CN2C(=O)[C@@H](NC(=O)CCCCCCCCCC(=O)NCCN2CCN(Cc3cccc(-c4ccc(N5CCN(C)CC5)c(NC(=O)c5c[nH]c(=O)cc5C(F)(F)F)c4)c3)CC2)C(C)(C)C)cc1. The van der Waals surface area contributed by atoms with Crippen LogP contribution in [0.2, 0.25) is 0 Å². The van der Waals surface area contributed by atoms with Crippen molar-refractivity contribution in [1.29, 1.82) is 0 Å². The van der Waals surface area contributed by atoms with E-state index < -0.39 is 46.3 Å². The molecule has 3 aromatic carbocycles. The summed E-state index contributed by atoms with van der Waals surface area (Å²) in [5.74, 6) is -1.56. The number of nitrogens with one attached hydrogen (secondary N) is 5. The number of aryl methyl sites for hydroxylation is 1. The predicted octanol–water partition coefficient (Wildman–Crippen LogP) is 9.45. The largest absolute Gasteiger partial charge is 0.417 e. The lowest BCUT2D eigenvalue weighted by Crippen LogP contribution is -2.57. The molecule has 21 heteroatoms. The molecule has 3 aliphatic heterocycles. The molecule has 0 spiro atoms. The number of nitrogens with zero attached hydrogens (tertiary/aromatic N) is 6. The number of carbonyl (C=O) groups excluding carboxylic acids is 5. The van der Waals surface area contributed by atoms with Gasteiger partial charge in [-0.25, -0.2) is 4.98 Å². The maximum atomic E-state index is 14.1. The number of likely N-dealkylation sites (tertiary alicyclic amines) is 1. The standard InChI is InChI=1S/C65H85F3N11O6S/c1-44(47-21-23-48(24-22-47)59-45(2)71-43-86-59)72-62(84)55-18-15-28-79(55)63(85)60(64(3,4)5)74-57(81)20-13-11-9-7-8-10-12-19-56(80)69-27-29-76-32-34-77(35-33-76)42-46-16-14-17-49(38-46)50-25-26-54(78-36-30-75(6)31-37-78)53(39-50)73-61(83)51-41-70-58(82)40-52(51)65(66,67)68/h14-17,21-26,38-41,43-44,55,60H,7-13,18-20,27-37,42H2,1-6H3,(H,69,80)(H,70,82)(H,72,84)(H,73,83)(H,74,81)/t44-,55-,60+/m0/s1. The van der Waals surface area contributed by atoms with Gasteiger partial charge in [-0.2, -0.15) is 13.2 Å². The molecular formula is C65H85F3N11O6S. The Balaban J connectivity index is 0.690. The van der Waals surface area contributed by atoms with E-state index in [0.29, 0.717) is 69.3 Å². The van der Waals surface area contributed by atoms with Crippen LogP contribution in [-0.2, 0) is 31.9 Å². The van der Waals surface area contributed by atoms with Crippen molar-refractivity contribution in [2.75, 3.05) is 89.3 Å². The van der Waals surface area contributed by atoms with E-state index in [0.717, 1.165) is 135 Å². The van der Waals surface area contributed by atoms with Gasteiger partial charge in [-0.15, -0.1) is 11.3 Å². The number of hydrogen-bond acceptors (Lipinski definition) is 12. The molecule has 86 heavy (non-hydrogen) atoms. The van der Waals surface area contributed by atoms with Crippen LogP contribution in [0.25, 0.3) is 21.6 Å². The van der Waals surface area contributed by atoms with Gasteiger partial charge in [-0.3, -0.25) is 38.6 Å². The predicted molar refractivity (Wildman–Crippen MR) is 333 cm³/mol. The number of unbranched alkanes of at least 4 members (excludes halogenated alkanes) is 6. The highest BCUT2D eigenvalue weighted by Gasteiger charge is 2.42. The maximum absolute atomic E-state index is 14.1. The van der Waals surface area contributed by atoms with E-state index in [1.54, 1.807) is 22.3 Å². The quantitative estimate of drug-likeness (QED) is 0.0350. The zero-order chi connectivity index (χ0) is 61.5. The monoisotopic (exact) mass is 1200 g/mol. The summed E-state index contributed by atoms with van der Waals surface area (Å²) in [6.07, 6.45) is 5.49. The Kier molecular flexibility index (Phi) is 22.8. The fraction of sp³-hybridized carbons (Fsp3) is 0.508. The Morgan fingerprint density at radius 3 is 2.08 bits per heavy atom. The molecule has 3 atom stereocenters. The number of likely N-dealkylation sites (N-methyl/N-ethyl adjacent to an activating group) is 1. The minimum atomic E-state index is -4.90. The van der Waals surface area contributed by atoms with E-state index in [4.69, 9.17) is 0 Å². The number of rotatable bonds is 25. The summed E-state index contributed by atoms with van der Waals surface area (Å²) in [6, 6.07) is 20.6. The highest BCUT2D eigenvalue weighted by molar-refractivity contribution is 7.13. The smallest absolute Gasteiger partial charge is 0.367 e. The molecule has 5 heterocycles. The summed E-state index contributed by atoms with van der Waals surface area (Å²) in [5.41, 5.74) is 5.24. The van der Waals surface area contributed by atoms with E-state index >= 15 is 0 Å². The second-order valence-electron chi connectivity index (χ2n) is 24.3. The van der Waals surface area contributed by atoms with Crippen LogP contribution in [0, 0.1) is 18.8 Å². The number of aromatic amines is 1. The highest BCUT2D eigenvalue weighted by Crippen LogP contribution is 2.36. The molecular weight excluding hydrogens is 1120 g/mol. The average molecular weight is 1210 g/mol. The molecule has 3 saturated heterocycles. The topological polar surface area (TPSA) is 195 Å². The molecule has 3 fully saturated rings. The second kappa shape index (κ2) is 30.1. The van der Waals surface area contributed by atoms with Crippen molar-refractivity contribution in [2.24, 2.45) is 5.41 Å². The fourth-order valence-corrected chi connectivity index (χ4v) is 12.3. The number of H-pyrrole nitrogens is 1. The molecule has 3 aliphatic rings. The van der Waals surface area contributed by atoms with E-state index in [2.05, 4.69) is 63.0 Å². The number of halogens is 3. The molecule has 5 N–H and O–H groups in total. The van der Waals surface area contributed by atoms with Crippen LogP contribution in [0.4, 0.5) is 24.5 Å². The third-order valence-corrected chi connectivity index (χ3v) is 17.6. The van der Waals surface area contributed by atoms with Crippen LogP contribution >= 0.6 is 11.3 Å². The number of carbonyl (C=O) groups is 5. The van der Waals surface area contributed by atoms with Crippen LogP contribution in [-0.4, -0.2) is 150 Å². The first-order valence-electron chi connectivity index (χ1n) is 30.3. The van der Waals surface area contributed by atoms with Gasteiger partial charge in [0.15, 0.2) is 0 Å². The molecule has 2 aromatic heterocycles. The van der Waals surface area contributed by atoms with Crippen molar-refractivity contribution in [3.63, 3.8) is 0 Å². The second-order valence-corrected chi connectivity index (χ2v) is 25.1. The van der Waals surface area contributed by atoms with Crippen molar-refractivity contribution in [2.45, 2.75) is 130 Å². The summed E-state index contributed by atoms with van der Waals surface area (Å²) in [5, 5.41) is 12.0. The molecule has 5 aromatic rings. The third kappa shape index (κ3) is 18.1. The average Bonchev–Trinajstić information content (AvgIpc) is 2.73. The van der Waals surface area contributed by atoms with Gasteiger partial charge in [-0.05, 0) is 98.0 Å². The Hall–Kier alpha value is -6.94. The van der Waals surface area contributed by atoms with Crippen LogP contribution in [0.15, 0.2) is 89.3 Å². The molecule has 463 valence electrons. The van der Waals surface area contributed by atoms with Gasteiger partial charge in [0.1, 0.15) is 12.1 Å². The number of thiazole rings is 1. The molecule has 0 aliphatic carbocycles. The summed E-state index contributed by atoms with van der Waals surface area (Å²) >= 11 is 1.59. The summed E-state index contributed by atoms with van der Waals surface area (Å²) in [6.45, 7) is 18.5. The number of alkyl halides is 3. The molecule has 17 nitrogen and oxygen atoms in total. The van der Waals surface area contributed by atoms with Gasteiger partial charge in [0.25, 0.3) is 5.91 Å². The number of piperazine rings is 2. The summed E-state index contributed by atoms with van der Waals surface area (Å²) in [7, 11) is 2.02. The van der Waals surface area contributed by atoms with E-state index in [1.165, 1.54) is 0 Å². The van der Waals surface area contributed by atoms with Gasteiger partial charge < -0.3 is 41.0 Å². The van der Waals surface area contributed by atoms with Crippen molar-refractivity contribution in [1.82, 2.24) is 45.5 Å². The number of anilines is 2. The van der Waals surface area contributed by atoms with Crippen molar-refractivity contribution in [3.05, 3.63) is 129 Å². The van der Waals surface area contributed by atoms with Gasteiger partial charge in [0.05, 0.1) is 44.6 Å². The molecule has 0 bridgehead atoms. The lowest BCUT2D eigenvalue weighted by atomic mass is 9.85. The van der Waals surface area contributed by atoms with Crippen LogP contribution in [0.3, 0.4) is 0 Å². The fourth-order valence-electron chi connectivity index (χ4n) is 11.5. The Morgan fingerprint density at radius 1 is 0.767 bits per heavy atom. The number of amides is 5. The highest BCUT2D eigenvalue weighted by atomic mass is 32.1. The number of aromatic nitrogens is 2. The number of hydrogen-bond donors (Lipinski definition) is 5. The van der Waals surface area contributed by atoms with Crippen molar-refractivity contribution in [3.8, 4) is 21.6 Å². The van der Waals surface area contributed by atoms with Crippen molar-refractivity contribution >= 4 is 52.2 Å². The van der Waals surface area contributed by atoms with Gasteiger partial charge in [-0.1, -0.05) is 101 Å². The first-order chi connectivity index (χ1) is 41.1. The zero-order valence-electron chi connectivity index (χ0n) is 50.6. The zero-order valence-corrected chi connectivity index (χ0v) is 51.4. The summed E-state index contributed by atoms with van der Waals surface area (Å²) in [4.78, 5) is 97.4. The minimum absolute atomic E-state index is 0.0610. The van der Waals surface area contributed by atoms with Crippen molar-refractivity contribution < 1.29 is 37.1 Å². The maximum Gasteiger partial charge on any atom is 0.417 e. The first kappa shape index (κ1) is 65.0. The third-order valence-electron chi connectivity index (χ3n) is 16.6. The molecule has 1 radical (unpaired) electrons. The van der Waals surface area contributed by atoms with E-state index in [-0.39, 0.29) is 29.7 Å². The van der Waals surface area contributed by atoms with E-state index in [9.17, 15) is 41.9 Å². The van der Waals surface area contributed by atoms with Gasteiger partial charge in [0, 0.05) is 104 Å². The number of benzene rings is 3. The Bertz CT molecular complexity index is 3160. The first-order valence-corrected chi connectivity index (χ1v) is 31.2. The summed E-state index contributed by atoms with van der Waals surface area (Å²) < 4.78 is 41.9. The lowest BCUT2D eigenvalue weighted by molar-refractivity contribution is -0.144. The molecule has 5 amide bonds. The Morgan fingerprint density at radius 2 is 1.42 bits per heavy atom. The number of pyridine rings is 1. The Labute approximate surface area is 507 Å². The van der Waals surface area contributed by atoms with Gasteiger partial charge in [0.2, 0.25) is 29.2 Å². The van der Waals surface area contributed by atoms with E-state index in [1.807, 2.05) is 102 Å². The normalized spacial score (nSPS) is 17.1. The minimum Gasteiger partial charge on any atom is -0.367 e. The molecule has 0 unspecified atom stereocenters. The molecule has 0 saturated carbocycles. The lowest BCUT2D eigenvalue weighted by Gasteiger charge is -2.35.